The van der Waals surface area contributed by atoms with E-state index in [9.17, 15) is 0 Å². The standard InChI is InChI=1S/C56H50N2S2/c1-56(2)45-36-38(27-31-42(45)43-32-30-40(37-46(43)56)57-48-18-6-10-22-52(48)59-53-23-11-7-19-49(53)57)26-28-39-29-33-47(44-17-5-4-16-41(39)44)58-50-20-8-12-24-54(50)60(3,34-14-15-35-60)55-25-13-9-21-51(55)58/h4-10,12-13,16-22,24-33,36-37,60H,11,14-15,23,34-35H2,1-3H3/b28-26+. The molecule has 1 fully saturated rings. The molecule has 60 heavy (non-hydrogen) atoms. The van der Waals surface area contributed by atoms with Crippen LogP contribution in [-0.2, 0) is 5.41 Å². The van der Waals surface area contributed by atoms with E-state index in [1.54, 1.807) is 9.79 Å². The van der Waals surface area contributed by atoms with Crippen LogP contribution in [0.4, 0.5) is 28.4 Å². The monoisotopic (exact) mass is 814 g/mol. The van der Waals surface area contributed by atoms with E-state index in [1.165, 1.54) is 112 Å². The van der Waals surface area contributed by atoms with Gasteiger partial charge in [-0.05, 0) is 143 Å². The second-order valence-electron chi connectivity index (χ2n) is 18.4. The molecule has 0 saturated carbocycles. The maximum absolute atomic E-state index is 2.67. The molecule has 0 N–H and O–H groups in total. The first kappa shape index (κ1) is 36.2. The highest BCUT2D eigenvalue weighted by atomic mass is 32.3. The Hall–Kier alpha value is -5.68. The molecule has 7 aromatic rings. The van der Waals surface area contributed by atoms with Gasteiger partial charge >= 0.3 is 0 Å². The van der Waals surface area contributed by atoms with Gasteiger partial charge in [-0.3, -0.25) is 0 Å². The highest BCUT2D eigenvalue weighted by molar-refractivity contribution is 8.49. The molecule has 0 bridgehead atoms. The molecule has 5 aliphatic rings. The summed E-state index contributed by atoms with van der Waals surface area (Å²) in [6.45, 7) is 4.81. The molecule has 0 aromatic heterocycles. The van der Waals surface area contributed by atoms with Gasteiger partial charge in [-0.15, -0.1) is 0 Å². The van der Waals surface area contributed by atoms with Crippen molar-refractivity contribution in [2.24, 2.45) is 0 Å². The predicted molar refractivity (Wildman–Crippen MR) is 262 cm³/mol. The van der Waals surface area contributed by atoms with Gasteiger partial charge in [0, 0.05) is 36.1 Å². The zero-order chi connectivity index (χ0) is 40.2. The Morgan fingerprint density at radius 3 is 2.02 bits per heavy atom. The number of rotatable bonds is 4. The van der Waals surface area contributed by atoms with Gasteiger partial charge in [0.05, 0.1) is 28.4 Å². The van der Waals surface area contributed by atoms with Gasteiger partial charge in [-0.2, -0.15) is 0 Å². The number of hydrogen-bond acceptors (Lipinski definition) is 3. The minimum atomic E-state index is -2.30. The second-order valence-corrected chi connectivity index (χ2v) is 25.5. The van der Waals surface area contributed by atoms with Crippen LogP contribution in [0, 0.1) is 0 Å². The fourth-order valence-electron chi connectivity index (χ4n) is 11.6. The summed E-state index contributed by atoms with van der Waals surface area (Å²) in [5.74, 6) is 2.63. The zero-order valence-corrected chi connectivity index (χ0v) is 36.4. The molecule has 0 amide bonds. The number of benzene rings is 7. The van der Waals surface area contributed by atoms with Crippen molar-refractivity contribution in [2.45, 2.75) is 59.6 Å². The zero-order valence-electron chi connectivity index (χ0n) is 34.7. The number of hydrogen-bond donors (Lipinski definition) is 1. The Morgan fingerprint density at radius 2 is 1.25 bits per heavy atom. The average molecular weight is 815 g/mol. The molecular weight excluding hydrogens is 765 g/mol. The van der Waals surface area contributed by atoms with Gasteiger partial charge in [-0.25, -0.2) is 9.16 Å². The number of para-hydroxylation sites is 3. The summed E-state index contributed by atoms with van der Waals surface area (Å²) in [7, 11) is -2.30. The molecule has 3 heterocycles. The summed E-state index contributed by atoms with van der Waals surface area (Å²) < 4.78 is 0. The maximum atomic E-state index is 2.67. The van der Waals surface area contributed by atoms with Gasteiger partial charge in [0.15, 0.2) is 0 Å². The van der Waals surface area contributed by atoms with Gasteiger partial charge in [-0.1, -0.05) is 135 Å². The molecule has 4 heteroatoms. The quantitative estimate of drug-likeness (QED) is 0.140. The Morgan fingerprint density at radius 1 is 0.600 bits per heavy atom. The highest BCUT2D eigenvalue weighted by Gasteiger charge is 2.49. The average Bonchev–Trinajstić information content (AvgIpc) is 3.80. The van der Waals surface area contributed by atoms with Crippen LogP contribution in [0.15, 0.2) is 183 Å². The molecule has 0 radical (unpaired) electrons. The molecule has 2 aliphatic carbocycles. The molecule has 0 atom stereocenters. The summed E-state index contributed by atoms with van der Waals surface area (Å²) in [5.41, 5.74) is 15.6. The van der Waals surface area contributed by atoms with E-state index < -0.39 is 9.16 Å². The number of allylic oxidation sites excluding steroid dienone is 3. The van der Waals surface area contributed by atoms with Crippen LogP contribution in [0.5, 0.6) is 0 Å². The van der Waals surface area contributed by atoms with E-state index in [1.807, 2.05) is 11.8 Å². The maximum Gasteiger partial charge on any atom is 0.0601 e. The lowest BCUT2D eigenvalue weighted by Gasteiger charge is -2.61. The third-order valence-electron chi connectivity index (χ3n) is 14.7. The summed E-state index contributed by atoms with van der Waals surface area (Å²) >= 11 is 1.94. The highest BCUT2D eigenvalue weighted by Crippen LogP contribution is 2.86. The predicted octanol–water partition coefficient (Wildman–Crippen LogP) is 15.8. The van der Waals surface area contributed by atoms with Crippen molar-refractivity contribution in [2.75, 3.05) is 27.6 Å². The molecule has 3 aliphatic heterocycles. The Kier molecular flexibility index (Phi) is 7.94. The molecule has 12 rings (SSSR count). The second kappa shape index (κ2) is 13.2. The first-order valence-electron chi connectivity index (χ1n) is 21.8. The van der Waals surface area contributed by atoms with E-state index in [4.69, 9.17) is 0 Å². The first-order chi connectivity index (χ1) is 29.3. The van der Waals surface area contributed by atoms with Gasteiger partial charge in [0.25, 0.3) is 0 Å². The van der Waals surface area contributed by atoms with Crippen molar-refractivity contribution in [1.29, 1.82) is 0 Å². The van der Waals surface area contributed by atoms with Crippen LogP contribution in [0.3, 0.4) is 0 Å². The minimum absolute atomic E-state index is 0.138. The summed E-state index contributed by atoms with van der Waals surface area (Å²) in [6, 6.07) is 55.6. The van der Waals surface area contributed by atoms with Crippen molar-refractivity contribution >= 4 is 72.3 Å². The molecule has 7 aromatic carbocycles. The van der Waals surface area contributed by atoms with Crippen LogP contribution in [0.25, 0.3) is 34.1 Å². The number of thiol groups is 1. The largest absolute Gasteiger partial charge is 0.309 e. The van der Waals surface area contributed by atoms with Crippen LogP contribution < -0.4 is 9.80 Å². The minimum Gasteiger partial charge on any atom is -0.309 e. The fraction of sp³-hybridized carbons (Fsp3) is 0.179. The number of anilines is 5. The van der Waals surface area contributed by atoms with Gasteiger partial charge in [0.2, 0.25) is 0 Å². The third kappa shape index (κ3) is 5.10. The fourth-order valence-corrected chi connectivity index (χ4v) is 19.1. The summed E-state index contributed by atoms with van der Waals surface area (Å²) in [6.07, 6.45) is 16.8. The van der Waals surface area contributed by atoms with E-state index in [0.717, 1.165) is 12.8 Å². The summed E-state index contributed by atoms with van der Waals surface area (Å²) in [4.78, 5) is 11.1. The molecule has 1 spiro atoms. The number of fused-ring (bicyclic) bond motifs is 9. The first-order valence-corrected chi connectivity index (χ1v) is 25.6. The van der Waals surface area contributed by atoms with E-state index in [2.05, 4.69) is 200 Å². The molecule has 1 saturated heterocycles. The van der Waals surface area contributed by atoms with Gasteiger partial charge < -0.3 is 9.80 Å². The molecule has 2 nitrogen and oxygen atoms in total. The number of thioether (sulfide) groups is 1. The number of nitrogens with zero attached hydrogens (tertiary/aromatic N) is 2. The summed E-state index contributed by atoms with van der Waals surface area (Å²) in [5, 5.41) is 2.55. The lowest BCUT2D eigenvalue weighted by molar-refractivity contribution is 0.660. The van der Waals surface area contributed by atoms with Crippen LogP contribution >= 0.6 is 20.9 Å². The Labute approximate surface area is 359 Å². The normalized spacial score (nSPS) is 19.4. The van der Waals surface area contributed by atoms with Crippen molar-refractivity contribution in [3.63, 3.8) is 0 Å². The third-order valence-corrected chi connectivity index (χ3v) is 22.5. The van der Waals surface area contributed by atoms with Crippen molar-refractivity contribution in [3.8, 4) is 11.1 Å². The van der Waals surface area contributed by atoms with Crippen LogP contribution in [-0.4, -0.2) is 17.8 Å². The molecule has 296 valence electrons. The lowest BCUT2D eigenvalue weighted by atomic mass is 9.81. The van der Waals surface area contributed by atoms with E-state index >= 15 is 0 Å². The molecular formula is C56H50N2S2. The topological polar surface area (TPSA) is 6.48 Å². The van der Waals surface area contributed by atoms with Crippen LogP contribution in [0.1, 0.15) is 61.8 Å². The van der Waals surface area contributed by atoms with E-state index in [-0.39, 0.29) is 5.41 Å². The Balaban J connectivity index is 0.903. The van der Waals surface area contributed by atoms with Crippen molar-refractivity contribution in [3.05, 3.63) is 191 Å². The van der Waals surface area contributed by atoms with Crippen molar-refractivity contribution in [1.82, 2.24) is 0 Å². The molecule has 0 unspecified atom stereocenters. The SMILES string of the molecule is CC1(C)c2cc(/C=C/c3ccc(N4c5ccccc5[SH]5(C)(CCCC5)c5ccccc54)c4ccccc34)ccc2-c2ccc(N3C4=C(CCC=C4)Sc4ccccc43)cc21. The van der Waals surface area contributed by atoms with Crippen LogP contribution in [0.2, 0.25) is 0 Å². The Bertz CT molecular complexity index is 3000. The van der Waals surface area contributed by atoms with Gasteiger partial charge in [0.1, 0.15) is 0 Å². The lowest BCUT2D eigenvalue weighted by Crippen LogP contribution is -2.29. The van der Waals surface area contributed by atoms with E-state index in [0.29, 0.717) is 0 Å². The smallest absolute Gasteiger partial charge is 0.0601 e. The van der Waals surface area contributed by atoms with Crippen molar-refractivity contribution < 1.29 is 0 Å².